The van der Waals surface area contributed by atoms with Gasteiger partial charge >= 0.3 is 6.09 Å². The molecule has 12 heteroatoms. The molecule has 7 rings (SSSR count). The summed E-state index contributed by atoms with van der Waals surface area (Å²) < 4.78 is 47.9. The van der Waals surface area contributed by atoms with Crippen LogP contribution in [0.1, 0.15) is 63.5 Å². The molecule has 3 aliphatic carbocycles. The number of ether oxygens (including phenoxy) is 3. The fourth-order valence-corrected chi connectivity index (χ4v) is 8.91. The summed E-state index contributed by atoms with van der Waals surface area (Å²) in [4.78, 5) is 28.4. The van der Waals surface area contributed by atoms with Crippen molar-refractivity contribution in [2.24, 2.45) is 17.8 Å². The number of aryl methyl sites for hydroxylation is 1. The average molecular weight is 698 g/mol. The molecule has 1 spiro atoms. The Kier molecular flexibility index (Phi) is 8.91. The third-order valence-corrected chi connectivity index (χ3v) is 12.4. The first-order chi connectivity index (χ1) is 22.9. The molecule has 2 fully saturated rings. The number of halogens is 1. The maximum atomic E-state index is 13.6. The SMILES string of the molecule is CC1(C)OC/C=C\[C@H](OC(=O)NCC2CC2)[C@@H]2CC[C@H]2CN2C[C@@]3(CCCc4cc(Cl)ccc43)COc3ccc(cc32)S(=O)(=O)NC1=O. The number of fused-ring (bicyclic) bond motifs is 4. The number of benzene rings is 2. The summed E-state index contributed by atoms with van der Waals surface area (Å²) in [6, 6.07) is 10.9. The molecule has 0 unspecified atom stereocenters. The van der Waals surface area contributed by atoms with Gasteiger partial charge in [0, 0.05) is 36.0 Å². The summed E-state index contributed by atoms with van der Waals surface area (Å²) in [5.41, 5.74) is 1.29. The summed E-state index contributed by atoms with van der Waals surface area (Å²) in [6.07, 6.45) is 9.57. The summed E-state index contributed by atoms with van der Waals surface area (Å²) in [5, 5.41) is 3.63. The lowest BCUT2D eigenvalue weighted by molar-refractivity contribution is -0.139. The largest absolute Gasteiger partial charge is 0.490 e. The van der Waals surface area contributed by atoms with Crippen LogP contribution in [0.25, 0.3) is 0 Å². The zero-order valence-electron chi connectivity index (χ0n) is 27.5. The first kappa shape index (κ1) is 33.2. The zero-order chi connectivity index (χ0) is 33.7. The van der Waals surface area contributed by atoms with Crippen molar-refractivity contribution in [2.45, 2.75) is 80.8 Å². The highest BCUT2D eigenvalue weighted by Gasteiger charge is 2.45. The minimum absolute atomic E-state index is 0.0310. The van der Waals surface area contributed by atoms with Crippen molar-refractivity contribution in [1.29, 1.82) is 0 Å². The fraction of sp³-hybridized carbons (Fsp3) is 0.556. The van der Waals surface area contributed by atoms with Crippen LogP contribution in [0.3, 0.4) is 0 Å². The Labute approximate surface area is 287 Å². The molecular formula is C36H44ClN3O7S. The molecule has 2 aliphatic heterocycles. The number of amides is 2. The van der Waals surface area contributed by atoms with E-state index >= 15 is 0 Å². The number of carbonyl (C=O) groups excluding carboxylic acids is 2. The van der Waals surface area contributed by atoms with Gasteiger partial charge < -0.3 is 24.4 Å². The monoisotopic (exact) mass is 697 g/mol. The van der Waals surface area contributed by atoms with Crippen LogP contribution in [-0.4, -0.2) is 65.0 Å². The minimum Gasteiger partial charge on any atom is -0.490 e. The van der Waals surface area contributed by atoms with Gasteiger partial charge in [-0.25, -0.2) is 17.9 Å². The molecule has 2 N–H and O–H groups in total. The lowest BCUT2D eigenvalue weighted by Crippen LogP contribution is -2.50. The van der Waals surface area contributed by atoms with Crippen LogP contribution in [0.2, 0.25) is 5.02 Å². The van der Waals surface area contributed by atoms with Crippen LogP contribution < -0.4 is 19.7 Å². The Morgan fingerprint density at radius 3 is 2.75 bits per heavy atom. The quantitative estimate of drug-likeness (QED) is 0.403. The Morgan fingerprint density at radius 2 is 1.98 bits per heavy atom. The summed E-state index contributed by atoms with van der Waals surface area (Å²) in [5.74, 6) is 0.540. The number of alkyl carbamates (subject to hydrolysis) is 1. The first-order valence-corrected chi connectivity index (χ1v) is 18.9. The van der Waals surface area contributed by atoms with Crippen LogP contribution in [0.5, 0.6) is 5.75 Å². The van der Waals surface area contributed by atoms with Crippen LogP contribution in [0.15, 0.2) is 53.4 Å². The van der Waals surface area contributed by atoms with Crippen LogP contribution in [-0.2, 0) is 36.1 Å². The number of nitrogens with zero attached hydrogens (tertiary/aromatic N) is 1. The van der Waals surface area contributed by atoms with Gasteiger partial charge in [0.25, 0.3) is 15.9 Å². The van der Waals surface area contributed by atoms with Gasteiger partial charge in [-0.3, -0.25) is 4.79 Å². The Hall–Kier alpha value is -3.28. The molecule has 4 atom stereocenters. The predicted molar refractivity (Wildman–Crippen MR) is 182 cm³/mol. The Morgan fingerprint density at radius 1 is 1.15 bits per heavy atom. The van der Waals surface area contributed by atoms with Crippen molar-refractivity contribution in [3.63, 3.8) is 0 Å². The number of carbonyl (C=O) groups is 2. The second kappa shape index (κ2) is 12.9. The van der Waals surface area contributed by atoms with E-state index in [1.54, 1.807) is 18.2 Å². The molecule has 2 aromatic carbocycles. The third kappa shape index (κ3) is 6.78. The molecule has 2 amide bonds. The van der Waals surface area contributed by atoms with Crippen molar-refractivity contribution >= 4 is 39.3 Å². The minimum atomic E-state index is -4.23. The maximum absolute atomic E-state index is 13.6. The van der Waals surface area contributed by atoms with E-state index in [4.69, 9.17) is 25.8 Å². The summed E-state index contributed by atoms with van der Waals surface area (Å²) in [6.45, 7) is 5.36. The predicted octanol–water partition coefficient (Wildman–Crippen LogP) is 5.51. The molecule has 2 bridgehead atoms. The Balaban J connectivity index is 1.27. The van der Waals surface area contributed by atoms with Crippen LogP contribution in [0.4, 0.5) is 10.5 Å². The van der Waals surface area contributed by atoms with E-state index in [1.807, 2.05) is 18.2 Å². The molecule has 10 nitrogen and oxygen atoms in total. The number of sulfonamides is 1. The highest BCUT2D eigenvalue weighted by Crippen LogP contribution is 2.47. The maximum Gasteiger partial charge on any atom is 0.407 e. The van der Waals surface area contributed by atoms with Gasteiger partial charge in [-0.1, -0.05) is 23.7 Å². The average Bonchev–Trinajstić information content (AvgIpc) is 3.87. The highest BCUT2D eigenvalue weighted by molar-refractivity contribution is 7.90. The first-order valence-electron chi connectivity index (χ1n) is 17.1. The van der Waals surface area contributed by atoms with E-state index in [1.165, 1.54) is 31.0 Å². The number of hydrogen-bond donors (Lipinski definition) is 2. The second-order valence-electron chi connectivity index (χ2n) is 14.6. The summed E-state index contributed by atoms with van der Waals surface area (Å²) >= 11 is 6.42. The van der Waals surface area contributed by atoms with Gasteiger partial charge in [0.15, 0.2) is 0 Å². The molecule has 5 aliphatic rings. The standard InChI is InChI=1S/C36H44ClN3O7S/c1-35(2)33(41)39-48(43,44)27-11-14-32-30(18-27)40(21-36(22-45-32)15-3-5-24-17-26(37)10-13-29(24)36)20-25-9-12-28(25)31(6-4-16-46-35)47-34(42)38-19-23-7-8-23/h4,6,10-11,13-14,17-18,23,25,28,31H,3,5,7-9,12,15-16,19-22H2,1-2H3,(H,38,42)(H,39,41)/b6-4-/t25-,28+,31-,36-/m0/s1. The number of hydrogen-bond acceptors (Lipinski definition) is 8. The molecule has 48 heavy (non-hydrogen) atoms. The Bertz CT molecular complexity index is 1730. The zero-order valence-corrected chi connectivity index (χ0v) is 29.1. The lowest BCUT2D eigenvalue weighted by atomic mass is 9.68. The van der Waals surface area contributed by atoms with E-state index in [0.717, 1.165) is 44.9 Å². The molecular weight excluding hydrogens is 654 g/mol. The van der Waals surface area contributed by atoms with Crippen molar-refractivity contribution in [2.75, 3.05) is 37.7 Å². The smallest absolute Gasteiger partial charge is 0.407 e. The molecule has 0 radical (unpaired) electrons. The number of rotatable bonds is 3. The molecule has 258 valence electrons. The van der Waals surface area contributed by atoms with Crippen LogP contribution >= 0.6 is 11.6 Å². The third-order valence-electron chi connectivity index (χ3n) is 10.8. The normalized spacial score (nSPS) is 29.9. The van der Waals surface area contributed by atoms with E-state index < -0.39 is 33.7 Å². The second-order valence-corrected chi connectivity index (χ2v) is 16.7. The van der Waals surface area contributed by atoms with Gasteiger partial charge in [-0.2, -0.15) is 0 Å². The van der Waals surface area contributed by atoms with Gasteiger partial charge in [0.2, 0.25) is 0 Å². The topological polar surface area (TPSA) is 123 Å². The summed E-state index contributed by atoms with van der Waals surface area (Å²) in [7, 11) is -4.23. The van der Waals surface area contributed by atoms with E-state index in [0.29, 0.717) is 48.6 Å². The number of nitrogens with one attached hydrogen (secondary N) is 2. The molecule has 2 heterocycles. The van der Waals surface area contributed by atoms with Gasteiger partial charge in [0.05, 0.1) is 23.8 Å². The fourth-order valence-electron chi connectivity index (χ4n) is 7.60. The molecule has 0 aromatic heterocycles. The van der Waals surface area contributed by atoms with E-state index in [9.17, 15) is 18.0 Å². The molecule has 2 saturated carbocycles. The van der Waals surface area contributed by atoms with Crippen molar-refractivity contribution in [1.82, 2.24) is 10.0 Å². The van der Waals surface area contributed by atoms with E-state index in [2.05, 4.69) is 21.0 Å². The van der Waals surface area contributed by atoms with E-state index in [-0.39, 0.29) is 28.8 Å². The highest BCUT2D eigenvalue weighted by atomic mass is 35.5. The lowest BCUT2D eigenvalue weighted by Gasteiger charge is -2.46. The van der Waals surface area contributed by atoms with Crippen molar-refractivity contribution < 1.29 is 32.2 Å². The van der Waals surface area contributed by atoms with Crippen molar-refractivity contribution in [3.05, 3.63) is 64.7 Å². The number of anilines is 1. The van der Waals surface area contributed by atoms with Gasteiger partial charge in [-0.15, -0.1) is 0 Å². The van der Waals surface area contributed by atoms with Crippen molar-refractivity contribution in [3.8, 4) is 5.75 Å². The van der Waals surface area contributed by atoms with Gasteiger partial charge in [-0.05, 0) is 118 Å². The molecule has 0 saturated heterocycles. The molecule has 2 aromatic rings. The van der Waals surface area contributed by atoms with Crippen LogP contribution in [0, 0.1) is 17.8 Å². The van der Waals surface area contributed by atoms with Gasteiger partial charge in [0.1, 0.15) is 17.5 Å².